The molecule has 1 amide bonds. The van der Waals surface area contributed by atoms with Crippen molar-refractivity contribution >= 4 is 17.6 Å². The second-order valence-electron chi connectivity index (χ2n) is 4.76. The van der Waals surface area contributed by atoms with Gasteiger partial charge in [-0.25, -0.2) is 0 Å². The second-order valence-corrected chi connectivity index (χ2v) is 4.76. The van der Waals surface area contributed by atoms with E-state index in [1.807, 2.05) is 25.1 Å². The number of carboxylic acids is 1. The van der Waals surface area contributed by atoms with Crippen LogP contribution < -0.4 is 10.1 Å². The molecule has 1 aromatic carbocycles. The van der Waals surface area contributed by atoms with Crippen LogP contribution in [0.5, 0.6) is 5.75 Å². The molecule has 2 rings (SSSR count). The van der Waals surface area contributed by atoms with E-state index in [0.717, 1.165) is 5.56 Å². The highest BCUT2D eigenvalue weighted by molar-refractivity contribution is 5.93. The molecule has 102 valence electrons. The van der Waals surface area contributed by atoms with Gasteiger partial charge in [0.25, 0.3) is 0 Å². The molecule has 0 aliphatic carbocycles. The Kier molecular flexibility index (Phi) is 4.04. The van der Waals surface area contributed by atoms with Crippen molar-refractivity contribution in [1.29, 1.82) is 0 Å². The van der Waals surface area contributed by atoms with Crippen LogP contribution in [-0.4, -0.2) is 23.1 Å². The lowest BCUT2D eigenvalue weighted by Crippen LogP contribution is -2.17. The minimum atomic E-state index is -0.791. The molecule has 5 nitrogen and oxygen atoms in total. The lowest BCUT2D eigenvalue weighted by molar-refractivity contribution is -0.137. The molecule has 5 heteroatoms. The molecule has 1 heterocycles. The topological polar surface area (TPSA) is 75.6 Å². The lowest BCUT2D eigenvalue weighted by Gasteiger charge is -2.12. The molecule has 0 fully saturated rings. The summed E-state index contributed by atoms with van der Waals surface area (Å²) in [5, 5.41) is 11.4. The van der Waals surface area contributed by atoms with Crippen LogP contribution in [0.15, 0.2) is 18.2 Å². The molecule has 2 N–H and O–H groups in total. The van der Waals surface area contributed by atoms with Crippen molar-refractivity contribution < 1.29 is 19.4 Å². The highest BCUT2D eigenvalue weighted by Gasteiger charge is 2.19. The summed E-state index contributed by atoms with van der Waals surface area (Å²) >= 11 is 0. The Morgan fingerprint density at radius 1 is 1.53 bits per heavy atom. The van der Waals surface area contributed by atoms with Gasteiger partial charge < -0.3 is 15.2 Å². The first kappa shape index (κ1) is 13.4. The number of anilines is 1. The van der Waals surface area contributed by atoms with E-state index in [1.54, 1.807) is 0 Å². The zero-order valence-electron chi connectivity index (χ0n) is 10.8. The number of hydrogen-bond donors (Lipinski definition) is 2. The van der Waals surface area contributed by atoms with Gasteiger partial charge in [0.15, 0.2) is 0 Å². The van der Waals surface area contributed by atoms with E-state index in [9.17, 15) is 9.59 Å². The number of ether oxygens (including phenoxy) is 1. The normalized spacial score (nSPS) is 17.9. The van der Waals surface area contributed by atoms with E-state index < -0.39 is 5.97 Å². The summed E-state index contributed by atoms with van der Waals surface area (Å²) in [6, 6.07) is 5.59. The Balaban J connectivity index is 2.09. The predicted molar refractivity (Wildman–Crippen MR) is 70.4 cm³/mol. The first-order chi connectivity index (χ1) is 9.04. The van der Waals surface area contributed by atoms with Crippen molar-refractivity contribution in [1.82, 2.24) is 0 Å². The van der Waals surface area contributed by atoms with Gasteiger partial charge in [0.1, 0.15) is 11.9 Å². The smallest absolute Gasteiger partial charge is 0.303 e. The number of amides is 1. The monoisotopic (exact) mass is 263 g/mol. The van der Waals surface area contributed by atoms with Crippen LogP contribution in [0.1, 0.15) is 31.7 Å². The summed E-state index contributed by atoms with van der Waals surface area (Å²) in [5.74, 6) is -0.186. The quantitative estimate of drug-likeness (QED) is 0.873. The SMILES string of the molecule is CC1CC(=O)Nc2cc(CCCC(=O)O)ccc2O1. The van der Waals surface area contributed by atoms with Gasteiger partial charge in [-0.2, -0.15) is 0 Å². The summed E-state index contributed by atoms with van der Waals surface area (Å²) in [4.78, 5) is 22.1. The van der Waals surface area contributed by atoms with Crippen molar-refractivity contribution in [2.24, 2.45) is 0 Å². The molecule has 0 saturated heterocycles. The molecule has 0 bridgehead atoms. The van der Waals surface area contributed by atoms with Crippen LogP contribution in [-0.2, 0) is 16.0 Å². The molecule has 1 aliphatic rings. The second kappa shape index (κ2) is 5.73. The minimum absolute atomic E-state index is 0.0612. The Morgan fingerprint density at radius 3 is 3.05 bits per heavy atom. The summed E-state index contributed by atoms with van der Waals surface area (Å²) in [7, 11) is 0. The summed E-state index contributed by atoms with van der Waals surface area (Å²) in [6.45, 7) is 1.86. The molecule has 0 saturated carbocycles. The van der Waals surface area contributed by atoms with Crippen molar-refractivity contribution in [3.8, 4) is 5.75 Å². The standard InChI is InChI=1S/C14H17NO4/c1-9-7-13(16)15-11-8-10(3-2-4-14(17)18)5-6-12(11)19-9/h5-6,8-9H,2-4,7H2,1H3,(H,15,16)(H,17,18). The van der Waals surface area contributed by atoms with E-state index in [0.29, 0.717) is 30.7 Å². The molecular formula is C14H17NO4. The number of carbonyl (C=O) groups is 2. The summed E-state index contributed by atoms with van der Waals surface area (Å²) in [6.07, 6.45) is 1.60. The van der Waals surface area contributed by atoms with E-state index in [4.69, 9.17) is 9.84 Å². The predicted octanol–water partition coefficient (Wildman–Crippen LogP) is 2.20. The number of carboxylic acid groups (broad SMARTS) is 1. The average molecular weight is 263 g/mol. The fraction of sp³-hybridized carbons (Fsp3) is 0.429. The maximum absolute atomic E-state index is 11.6. The van der Waals surface area contributed by atoms with E-state index in [2.05, 4.69) is 5.32 Å². The Morgan fingerprint density at radius 2 is 2.32 bits per heavy atom. The van der Waals surface area contributed by atoms with Crippen molar-refractivity contribution in [3.63, 3.8) is 0 Å². The number of carbonyl (C=O) groups excluding carboxylic acids is 1. The van der Waals surface area contributed by atoms with Crippen LogP contribution in [0, 0.1) is 0 Å². The fourth-order valence-corrected chi connectivity index (χ4v) is 2.10. The van der Waals surface area contributed by atoms with E-state index >= 15 is 0 Å². The van der Waals surface area contributed by atoms with E-state index in [1.165, 1.54) is 0 Å². The van der Waals surface area contributed by atoms with Crippen LogP contribution in [0.25, 0.3) is 0 Å². The maximum atomic E-state index is 11.6. The molecule has 19 heavy (non-hydrogen) atoms. The van der Waals surface area contributed by atoms with Crippen LogP contribution in [0.3, 0.4) is 0 Å². The molecule has 1 unspecified atom stereocenters. The van der Waals surface area contributed by atoms with Gasteiger partial charge in [-0.1, -0.05) is 6.07 Å². The van der Waals surface area contributed by atoms with E-state index in [-0.39, 0.29) is 18.4 Å². The number of fused-ring (bicyclic) bond motifs is 1. The third-order valence-corrected chi connectivity index (χ3v) is 2.98. The lowest BCUT2D eigenvalue weighted by atomic mass is 10.1. The zero-order valence-corrected chi connectivity index (χ0v) is 10.8. The summed E-state index contributed by atoms with van der Waals surface area (Å²) < 4.78 is 5.65. The molecular weight excluding hydrogens is 246 g/mol. The highest BCUT2D eigenvalue weighted by Crippen LogP contribution is 2.30. The molecule has 0 spiro atoms. The maximum Gasteiger partial charge on any atom is 0.303 e. The number of nitrogens with one attached hydrogen (secondary N) is 1. The van der Waals surface area contributed by atoms with Crippen molar-refractivity contribution in [2.75, 3.05) is 5.32 Å². The third kappa shape index (κ3) is 3.71. The Hall–Kier alpha value is -2.04. The van der Waals surface area contributed by atoms with Crippen molar-refractivity contribution in [3.05, 3.63) is 23.8 Å². The molecule has 1 aromatic rings. The van der Waals surface area contributed by atoms with Crippen LogP contribution in [0.2, 0.25) is 0 Å². The van der Waals surface area contributed by atoms with Gasteiger partial charge in [0, 0.05) is 6.42 Å². The largest absolute Gasteiger partial charge is 0.488 e. The average Bonchev–Trinajstić information content (AvgIpc) is 2.44. The van der Waals surface area contributed by atoms with Gasteiger partial charge >= 0.3 is 5.97 Å². The molecule has 0 radical (unpaired) electrons. The molecule has 0 aromatic heterocycles. The first-order valence-electron chi connectivity index (χ1n) is 6.36. The molecule has 1 aliphatic heterocycles. The van der Waals surface area contributed by atoms with Crippen LogP contribution in [0.4, 0.5) is 5.69 Å². The zero-order chi connectivity index (χ0) is 13.8. The van der Waals surface area contributed by atoms with Gasteiger partial charge in [0.2, 0.25) is 5.91 Å². The Labute approximate surface area is 111 Å². The highest BCUT2D eigenvalue weighted by atomic mass is 16.5. The number of aryl methyl sites for hydroxylation is 1. The van der Waals surface area contributed by atoms with Gasteiger partial charge in [-0.05, 0) is 37.5 Å². The van der Waals surface area contributed by atoms with Gasteiger partial charge in [-0.3, -0.25) is 9.59 Å². The Bertz CT molecular complexity index is 498. The number of aliphatic carboxylic acids is 1. The third-order valence-electron chi connectivity index (χ3n) is 2.98. The number of benzene rings is 1. The minimum Gasteiger partial charge on any atom is -0.488 e. The number of hydrogen-bond acceptors (Lipinski definition) is 3. The fourth-order valence-electron chi connectivity index (χ4n) is 2.10. The first-order valence-corrected chi connectivity index (χ1v) is 6.36. The van der Waals surface area contributed by atoms with Gasteiger partial charge in [-0.15, -0.1) is 0 Å². The molecule has 1 atom stereocenters. The van der Waals surface area contributed by atoms with Gasteiger partial charge in [0.05, 0.1) is 12.1 Å². The van der Waals surface area contributed by atoms with Crippen molar-refractivity contribution in [2.45, 2.75) is 38.7 Å². The summed E-state index contributed by atoms with van der Waals surface area (Å²) in [5.41, 5.74) is 1.67. The van der Waals surface area contributed by atoms with Crippen LogP contribution >= 0.6 is 0 Å². The number of rotatable bonds is 4.